The lowest BCUT2D eigenvalue weighted by molar-refractivity contribution is 0.100. The highest BCUT2D eigenvalue weighted by Crippen LogP contribution is 2.39. The molecule has 0 saturated heterocycles. The van der Waals surface area contributed by atoms with Gasteiger partial charge in [0.1, 0.15) is 0 Å². The van der Waals surface area contributed by atoms with Crippen LogP contribution in [0.3, 0.4) is 0 Å². The Balaban J connectivity index is 2.24. The average Bonchev–Trinajstić information content (AvgIpc) is 2.87. The lowest BCUT2D eigenvalue weighted by Gasteiger charge is -1.98. The van der Waals surface area contributed by atoms with Gasteiger partial charge in [0, 0.05) is 5.56 Å². The van der Waals surface area contributed by atoms with Crippen molar-refractivity contribution in [3.05, 3.63) is 35.4 Å². The Kier molecular flexibility index (Phi) is 1.61. The largest absolute Gasteiger partial charge is 0.366 e. The van der Waals surface area contributed by atoms with E-state index in [-0.39, 0.29) is 5.91 Å². The van der Waals surface area contributed by atoms with Crippen LogP contribution in [0, 0.1) is 0 Å². The first kappa shape index (κ1) is 7.35. The number of amides is 1. The first-order chi connectivity index (χ1) is 5.77. The van der Waals surface area contributed by atoms with Crippen molar-refractivity contribution in [3.63, 3.8) is 0 Å². The van der Waals surface area contributed by atoms with E-state index in [1.165, 1.54) is 18.4 Å². The smallest absolute Gasteiger partial charge is 0.248 e. The summed E-state index contributed by atoms with van der Waals surface area (Å²) in [6.07, 6.45) is 2.58. The zero-order valence-corrected chi connectivity index (χ0v) is 6.79. The van der Waals surface area contributed by atoms with Gasteiger partial charge in [0.05, 0.1) is 0 Å². The van der Waals surface area contributed by atoms with Gasteiger partial charge in [0.15, 0.2) is 0 Å². The van der Waals surface area contributed by atoms with Crippen molar-refractivity contribution in [1.29, 1.82) is 0 Å². The number of nitrogens with two attached hydrogens (primary N) is 1. The third kappa shape index (κ3) is 1.33. The summed E-state index contributed by atoms with van der Waals surface area (Å²) in [5.74, 6) is 0.393. The van der Waals surface area contributed by atoms with Gasteiger partial charge in [-0.05, 0) is 36.5 Å². The Hall–Kier alpha value is -1.31. The Morgan fingerprint density at radius 3 is 2.25 bits per heavy atom. The van der Waals surface area contributed by atoms with Crippen LogP contribution in [0.2, 0.25) is 0 Å². The monoisotopic (exact) mass is 161 g/mol. The van der Waals surface area contributed by atoms with Gasteiger partial charge in [-0.15, -0.1) is 0 Å². The van der Waals surface area contributed by atoms with Crippen LogP contribution in [-0.2, 0) is 0 Å². The molecule has 1 aliphatic rings. The van der Waals surface area contributed by atoms with Gasteiger partial charge in [0.25, 0.3) is 0 Å². The molecule has 2 nitrogen and oxygen atoms in total. The van der Waals surface area contributed by atoms with Gasteiger partial charge in [-0.2, -0.15) is 0 Å². The van der Waals surface area contributed by atoms with Crippen molar-refractivity contribution in [3.8, 4) is 0 Å². The second-order valence-electron chi connectivity index (χ2n) is 3.26. The number of carbonyl (C=O) groups is 1. The summed E-state index contributed by atoms with van der Waals surface area (Å²) in [5, 5.41) is 0. The molecule has 2 N–H and O–H groups in total. The van der Waals surface area contributed by atoms with Crippen LogP contribution in [0.1, 0.15) is 34.7 Å². The second kappa shape index (κ2) is 2.63. The lowest BCUT2D eigenvalue weighted by Crippen LogP contribution is -2.10. The highest BCUT2D eigenvalue weighted by molar-refractivity contribution is 5.92. The number of hydrogen-bond acceptors (Lipinski definition) is 1. The maximum absolute atomic E-state index is 10.7. The van der Waals surface area contributed by atoms with E-state index in [4.69, 9.17) is 5.73 Å². The minimum atomic E-state index is -0.350. The van der Waals surface area contributed by atoms with Crippen molar-refractivity contribution in [1.82, 2.24) is 0 Å². The second-order valence-corrected chi connectivity index (χ2v) is 3.26. The number of carbonyl (C=O) groups excluding carboxylic acids is 1. The summed E-state index contributed by atoms with van der Waals surface area (Å²) < 4.78 is 0. The van der Waals surface area contributed by atoms with Gasteiger partial charge in [-0.1, -0.05) is 12.1 Å². The normalized spacial score (nSPS) is 16.0. The zero-order valence-electron chi connectivity index (χ0n) is 6.79. The van der Waals surface area contributed by atoms with Crippen LogP contribution < -0.4 is 5.73 Å². The van der Waals surface area contributed by atoms with Gasteiger partial charge in [-0.3, -0.25) is 4.79 Å². The summed E-state index contributed by atoms with van der Waals surface area (Å²) in [4.78, 5) is 10.7. The van der Waals surface area contributed by atoms with E-state index < -0.39 is 0 Å². The maximum atomic E-state index is 10.7. The number of benzene rings is 1. The molecule has 0 atom stereocenters. The number of rotatable bonds is 2. The SMILES string of the molecule is NC(=O)c1ccc(C2CC2)cc1. The minimum absolute atomic E-state index is 0.350. The average molecular weight is 161 g/mol. The van der Waals surface area contributed by atoms with E-state index in [9.17, 15) is 4.79 Å². The third-order valence-electron chi connectivity index (χ3n) is 2.24. The van der Waals surface area contributed by atoms with Crippen LogP contribution in [0.15, 0.2) is 24.3 Å². The molecule has 0 aromatic heterocycles. The van der Waals surface area contributed by atoms with Crippen molar-refractivity contribution in [2.45, 2.75) is 18.8 Å². The molecule has 1 fully saturated rings. The molecule has 1 aromatic rings. The Labute approximate surface area is 71.4 Å². The molecule has 0 heterocycles. The fourth-order valence-electron chi connectivity index (χ4n) is 1.34. The van der Waals surface area contributed by atoms with Gasteiger partial charge < -0.3 is 5.73 Å². The maximum Gasteiger partial charge on any atom is 0.248 e. The van der Waals surface area contributed by atoms with E-state index in [2.05, 4.69) is 0 Å². The summed E-state index contributed by atoms with van der Waals surface area (Å²) in [7, 11) is 0. The first-order valence-corrected chi connectivity index (χ1v) is 4.17. The zero-order chi connectivity index (χ0) is 8.55. The fourth-order valence-corrected chi connectivity index (χ4v) is 1.34. The minimum Gasteiger partial charge on any atom is -0.366 e. The van der Waals surface area contributed by atoms with Crippen LogP contribution in [0.25, 0.3) is 0 Å². The van der Waals surface area contributed by atoms with Crippen LogP contribution >= 0.6 is 0 Å². The predicted molar refractivity (Wildman–Crippen MR) is 46.9 cm³/mol. The highest BCUT2D eigenvalue weighted by atomic mass is 16.1. The Morgan fingerprint density at radius 2 is 1.83 bits per heavy atom. The molecule has 1 saturated carbocycles. The highest BCUT2D eigenvalue weighted by Gasteiger charge is 2.22. The van der Waals surface area contributed by atoms with E-state index in [0.717, 1.165) is 5.92 Å². The molecule has 0 bridgehead atoms. The quantitative estimate of drug-likeness (QED) is 0.704. The van der Waals surface area contributed by atoms with Crippen LogP contribution in [0.4, 0.5) is 0 Å². The molecule has 1 amide bonds. The molecule has 0 radical (unpaired) electrons. The van der Waals surface area contributed by atoms with Gasteiger partial charge >= 0.3 is 0 Å². The molecule has 0 unspecified atom stereocenters. The summed E-state index contributed by atoms with van der Waals surface area (Å²) in [5.41, 5.74) is 7.05. The topological polar surface area (TPSA) is 43.1 Å². The van der Waals surface area contributed by atoms with E-state index in [0.29, 0.717) is 5.56 Å². The molecule has 2 heteroatoms. The molecule has 62 valence electrons. The Morgan fingerprint density at radius 1 is 1.25 bits per heavy atom. The van der Waals surface area contributed by atoms with Crippen LogP contribution in [-0.4, -0.2) is 5.91 Å². The Bertz CT molecular complexity index is 298. The van der Waals surface area contributed by atoms with Crippen molar-refractivity contribution in [2.24, 2.45) is 5.73 Å². The summed E-state index contributed by atoms with van der Waals surface area (Å²) >= 11 is 0. The van der Waals surface area contributed by atoms with E-state index in [1.807, 2.05) is 12.1 Å². The van der Waals surface area contributed by atoms with E-state index >= 15 is 0 Å². The molecule has 1 aliphatic carbocycles. The predicted octanol–water partition coefficient (Wildman–Crippen LogP) is 1.66. The van der Waals surface area contributed by atoms with Crippen LogP contribution in [0.5, 0.6) is 0 Å². The molecule has 0 spiro atoms. The molecule has 1 aromatic carbocycles. The lowest BCUT2D eigenvalue weighted by atomic mass is 10.1. The summed E-state index contributed by atoms with van der Waals surface area (Å²) in [6, 6.07) is 7.60. The van der Waals surface area contributed by atoms with Gasteiger partial charge in [-0.25, -0.2) is 0 Å². The third-order valence-corrected chi connectivity index (χ3v) is 2.24. The number of hydrogen-bond donors (Lipinski definition) is 1. The molecular weight excluding hydrogens is 150 g/mol. The standard InChI is InChI=1S/C10H11NO/c11-10(12)9-5-3-8(4-6-9)7-1-2-7/h3-7H,1-2H2,(H2,11,12). The van der Waals surface area contributed by atoms with E-state index in [1.54, 1.807) is 12.1 Å². The molecular formula is C10H11NO. The fraction of sp³-hybridized carbons (Fsp3) is 0.300. The number of primary amides is 1. The summed E-state index contributed by atoms with van der Waals surface area (Å²) in [6.45, 7) is 0. The van der Waals surface area contributed by atoms with Crippen molar-refractivity contribution < 1.29 is 4.79 Å². The van der Waals surface area contributed by atoms with Crippen molar-refractivity contribution in [2.75, 3.05) is 0 Å². The molecule has 2 rings (SSSR count). The molecule has 12 heavy (non-hydrogen) atoms. The first-order valence-electron chi connectivity index (χ1n) is 4.17. The molecule has 0 aliphatic heterocycles. The van der Waals surface area contributed by atoms with Crippen molar-refractivity contribution >= 4 is 5.91 Å². The van der Waals surface area contributed by atoms with Gasteiger partial charge in [0.2, 0.25) is 5.91 Å².